The molecule has 2 aliphatic rings. The van der Waals surface area contributed by atoms with Crippen LogP contribution in [0.1, 0.15) is 43.1 Å². The zero-order valence-electron chi connectivity index (χ0n) is 16.0. The van der Waals surface area contributed by atoms with E-state index in [0.29, 0.717) is 11.6 Å². The molecule has 5 nitrogen and oxygen atoms in total. The summed E-state index contributed by atoms with van der Waals surface area (Å²) in [4.78, 5) is 21.3. The Kier molecular flexibility index (Phi) is 5.28. The van der Waals surface area contributed by atoms with Crippen LogP contribution in [0.2, 0.25) is 0 Å². The van der Waals surface area contributed by atoms with Crippen molar-refractivity contribution < 1.29 is 4.79 Å². The molecular weight excluding hydrogens is 336 g/mol. The molecule has 1 aromatic heterocycles. The topological polar surface area (TPSA) is 48.5 Å². The molecule has 0 spiro atoms. The Morgan fingerprint density at radius 2 is 1.63 bits per heavy atom. The molecule has 0 radical (unpaired) electrons. The average molecular weight is 364 g/mol. The van der Waals surface area contributed by atoms with Crippen molar-refractivity contribution in [1.29, 1.82) is 0 Å². The number of carbonyl (C=O) groups is 1. The summed E-state index contributed by atoms with van der Waals surface area (Å²) in [6.07, 6.45) is 6.48. The zero-order chi connectivity index (χ0) is 18.6. The van der Waals surface area contributed by atoms with Gasteiger partial charge in [0.15, 0.2) is 0 Å². The lowest BCUT2D eigenvalue weighted by molar-refractivity contribution is 0.0691. The number of carbonyl (C=O) groups excluding carboxylic acids is 1. The SMILES string of the molecule is CC1CCN(C(=O)c2ccc(Nc3ccc(N4CCCC4)cc3)cn2)CC1. The highest BCUT2D eigenvalue weighted by molar-refractivity contribution is 5.92. The van der Waals surface area contributed by atoms with E-state index in [-0.39, 0.29) is 5.91 Å². The minimum Gasteiger partial charge on any atom is -0.372 e. The van der Waals surface area contributed by atoms with Crippen LogP contribution in [-0.2, 0) is 0 Å². The van der Waals surface area contributed by atoms with E-state index >= 15 is 0 Å². The second-order valence-electron chi connectivity index (χ2n) is 7.77. The van der Waals surface area contributed by atoms with Gasteiger partial charge >= 0.3 is 0 Å². The maximum absolute atomic E-state index is 12.6. The van der Waals surface area contributed by atoms with Gasteiger partial charge in [-0.15, -0.1) is 0 Å². The first-order valence-corrected chi connectivity index (χ1v) is 10.1. The molecule has 142 valence electrons. The lowest BCUT2D eigenvalue weighted by Crippen LogP contribution is -2.38. The summed E-state index contributed by atoms with van der Waals surface area (Å²) < 4.78 is 0. The summed E-state index contributed by atoms with van der Waals surface area (Å²) in [6, 6.07) is 12.3. The quantitative estimate of drug-likeness (QED) is 0.879. The predicted octanol–water partition coefficient (Wildman–Crippen LogP) is 4.30. The highest BCUT2D eigenvalue weighted by atomic mass is 16.2. The van der Waals surface area contributed by atoms with E-state index in [9.17, 15) is 4.79 Å². The summed E-state index contributed by atoms with van der Waals surface area (Å²) in [5, 5.41) is 3.37. The largest absolute Gasteiger partial charge is 0.372 e. The molecule has 2 saturated heterocycles. The van der Waals surface area contributed by atoms with Crippen molar-refractivity contribution >= 4 is 23.0 Å². The van der Waals surface area contributed by atoms with Gasteiger partial charge in [0.1, 0.15) is 5.69 Å². The van der Waals surface area contributed by atoms with Gasteiger partial charge in [-0.05, 0) is 68.0 Å². The molecule has 1 amide bonds. The van der Waals surface area contributed by atoms with Crippen molar-refractivity contribution in [2.75, 3.05) is 36.4 Å². The van der Waals surface area contributed by atoms with Crippen molar-refractivity contribution in [2.24, 2.45) is 5.92 Å². The molecular formula is C22H28N4O. The summed E-state index contributed by atoms with van der Waals surface area (Å²) in [7, 11) is 0. The van der Waals surface area contributed by atoms with Gasteiger partial charge < -0.3 is 15.1 Å². The Balaban J connectivity index is 1.36. The van der Waals surface area contributed by atoms with E-state index in [2.05, 4.69) is 46.4 Å². The summed E-state index contributed by atoms with van der Waals surface area (Å²) in [5.41, 5.74) is 3.74. The van der Waals surface area contributed by atoms with Crippen LogP contribution in [0.3, 0.4) is 0 Å². The Bertz CT molecular complexity index is 758. The van der Waals surface area contributed by atoms with Crippen LogP contribution in [0.5, 0.6) is 0 Å². The number of rotatable bonds is 4. The van der Waals surface area contributed by atoms with Crippen LogP contribution in [0, 0.1) is 5.92 Å². The molecule has 2 fully saturated rings. The zero-order valence-corrected chi connectivity index (χ0v) is 16.0. The lowest BCUT2D eigenvalue weighted by atomic mass is 9.99. The van der Waals surface area contributed by atoms with Gasteiger partial charge in [0.25, 0.3) is 5.91 Å². The Morgan fingerprint density at radius 1 is 0.963 bits per heavy atom. The van der Waals surface area contributed by atoms with E-state index < -0.39 is 0 Å². The fraction of sp³-hybridized carbons (Fsp3) is 0.455. The number of benzene rings is 1. The van der Waals surface area contributed by atoms with Crippen molar-refractivity contribution in [3.8, 4) is 0 Å². The van der Waals surface area contributed by atoms with Crippen LogP contribution in [0.25, 0.3) is 0 Å². The molecule has 3 heterocycles. The number of piperidine rings is 1. The molecule has 0 bridgehead atoms. The van der Waals surface area contributed by atoms with Crippen LogP contribution in [-0.4, -0.2) is 42.0 Å². The van der Waals surface area contributed by atoms with Gasteiger partial charge in [0, 0.05) is 37.6 Å². The first-order valence-electron chi connectivity index (χ1n) is 10.1. The smallest absolute Gasteiger partial charge is 0.272 e. The number of aromatic nitrogens is 1. The van der Waals surface area contributed by atoms with Gasteiger partial charge in [-0.1, -0.05) is 6.92 Å². The fourth-order valence-electron chi connectivity index (χ4n) is 3.87. The Hall–Kier alpha value is -2.56. The van der Waals surface area contributed by atoms with Crippen molar-refractivity contribution in [2.45, 2.75) is 32.6 Å². The molecule has 1 N–H and O–H groups in total. The van der Waals surface area contributed by atoms with Gasteiger partial charge in [0.05, 0.1) is 11.9 Å². The second kappa shape index (κ2) is 7.99. The van der Waals surface area contributed by atoms with Crippen LogP contribution < -0.4 is 10.2 Å². The molecule has 0 saturated carbocycles. The van der Waals surface area contributed by atoms with Gasteiger partial charge in [-0.3, -0.25) is 4.79 Å². The summed E-state index contributed by atoms with van der Waals surface area (Å²) >= 11 is 0. The summed E-state index contributed by atoms with van der Waals surface area (Å²) in [6.45, 7) is 6.23. The molecule has 5 heteroatoms. The van der Waals surface area contributed by atoms with Crippen LogP contribution in [0.15, 0.2) is 42.6 Å². The summed E-state index contributed by atoms with van der Waals surface area (Å²) in [5.74, 6) is 0.758. The molecule has 4 rings (SSSR count). The maximum Gasteiger partial charge on any atom is 0.272 e. The molecule has 2 aliphatic heterocycles. The van der Waals surface area contributed by atoms with Crippen molar-refractivity contribution in [3.05, 3.63) is 48.3 Å². The van der Waals surface area contributed by atoms with E-state index in [1.54, 1.807) is 6.20 Å². The molecule has 0 atom stereocenters. The number of likely N-dealkylation sites (tertiary alicyclic amines) is 1. The van der Waals surface area contributed by atoms with E-state index in [1.165, 1.54) is 18.5 Å². The third kappa shape index (κ3) is 4.24. The third-order valence-corrected chi connectivity index (χ3v) is 5.68. The first-order chi connectivity index (χ1) is 13.2. The van der Waals surface area contributed by atoms with E-state index in [0.717, 1.165) is 50.4 Å². The van der Waals surface area contributed by atoms with Gasteiger partial charge in [0.2, 0.25) is 0 Å². The molecule has 2 aromatic rings. The number of nitrogens with one attached hydrogen (secondary N) is 1. The number of nitrogens with zero attached hydrogens (tertiary/aromatic N) is 3. The van der Waals surface area contributed by atoms with Gasteiger partial charge in [-0.25, -0.2) is 4.98 Å². The predicted molar refractivity (Wildman–Crippen MR) is 110 cm³/mol. The monoisotopic (exact) mass is 364 g/mol. The van der Waals surface area contributed by atoms with Gasteiger partial charge in [-0.2, -0.15) is 0 Å². The minimum absolute atomic E-state index is 0.0448. The highest BCUT2D eigenvalue weighted by Crippen LogP contribution is 2.24. The van der Waals surface area contributed by atoms with E-state index in [1.807, 2.05) is 17.0 Å². The third-order valence-electron chi connectivity index (χ3n) is 5.68. The highest BCUT2D eigenvalue weighted by Gasteiger charge is 2.22. The number of amides is 1. The number of hydrogen-bond acceptors (Lipinski definition) is 4. The molecule has 0 unspecified atom stereocenters. The van der Waals surface area contributed by atoms with Crippen LogP contribution >= 0.6 is 0 Å². The second-order valence-corrected chi connectivity index (χ2v) is 7.77. The molecule has 0 aliphatic carbocycles. The maximum atomic E-state index is 12.6. The van der Waals surface area contributed by atoms with Crippen molar-refractivity contribution in [1.82, 2.24) is 9.88 Å². The minimum atomic E-state index is 0.0448. The van der Waals surface area contributed by atoms with Crippen molar-refractivity contribution in [3.63, 3.8) is 0 Å². The molecule has 27 heavy (non-hydrogen) atoms. The standard InChI is InChI=1S/C22H28N4O/c1-17-10-14-26(15-11-17)22(27)21-9-6-19(16-23-21)24-18-4-7-20(8-5-18)25-12-2-3-13-25/h4-9,16-17,24H,2-3,10-15H2,1H3. The fourth-order valence-corrected chi connectivity index (χ4v) is 3.87. The number of anilines is 3. The first kappa shape index (κ1) is 17.8. The average Bonchev–Trinajstić information content (AvgIpc) is 3.24. The van der Waals surface area contributed by atoms with Crippen LogP contribution in [0.4, 0.5) is 17.1 Å². The number of pyridine rings is 1. The number of hydrogen-bond donors (Lipinski definition) is 1. The normalized spacial score (nSPS) is 18.0. The Morgan fingerprint density at radius 3 is 2.26 bits per heavy atom. The Labute approximate surface area is 161 Å². The lowest BCUT2D eigenvalue weighted by Gasteiger charge is -2.30. The molecule has 1 aromatic carbocycles. The van der Waals surface area contributed by atoms with E-state index in [4.69, 9.17) is 0 Å².